The minimum atomic E-state index is -0.640. The van der Waals surface area contributed by atoms with Crippen molar-refractivity contribution < 1.29 is 14.7 Å². The minimum Gasteiger partial charge on any atom is -0.503 e. The quantitative estimate of drug-likeness (QED) is 0.405. The molecule has 1 aliphatic rings. The van der Waals surface area contributed by atoms with E-state index in [1.165, 1.54) is 20.0 Å². The number of hydrogen-bond acceptors (Lipinski definition) is 6. The fourth-order valence-corrected chi connectivity index (χ4v) is 3.42. The Bertz CT molecular complexity index is 1390. The Morgan fingerprint density at radius 2 is 1.57 bits per heavy atom. The molecule has 0 aliphatic heterocycles. The van der Waals surface area contributed by atoms with Gasteiger partial charge in [0.05, 0.1) is 17.8 Å². The van der Waals surface area contributed by atoms with Gasteiger partial charge in [0.2, 0.25) is 5.69 Å². The first-order chi connectivity index (χ1) is 14.4. The second kappa shape index (κ2) is 6.90. The molecule has 30 heavy (non-hydrogen) atoms. The average Bonchev–Trinajstić information content (AvgIpc) is 2.76. The van der Waals surface area contributed by atoms with Crippen molar-refractivity contribution in [3.05, 3.63) is 92.1 Å². The molecule has 0 unspecified atom stereocenters. The van der Waals surface area contributed by atoms with Crippen LogP contribution in [0, 0.1) is 13.5 Å². The summed E-state index contributed by atoms with van der Waals surface area (Å²) in [5.74, 6) is -1.10. The zero-order valence-corrected chi connectivity index (χ0v) is 16.0. The number of pyridine rings is 1. The topological polar surface area (TPSA) is 105 Å². The summed E-state index contributed by atoms with van der Waals surface area (Å²) in [6.07, 6.45) is 0. The monoisotopic (exact) mass is 398 g/mol. The molecule has 1 heterocycles. The lowest BCUT2D eigenvalue weighted by Crippen LogP contribution is -2.20. The van der Waals surface area contributed by atoms with E-state index in [0.717, 1.165) is 4.57 Å². The maximum atomic E-state index is 13.0. The van der Waals surface area contributed by atoms with Gasteiger partial charge in [0.1, 0.15) is 5.69 Å². The van der Waals surface area contributed by atoms with Crippen molar-refractivity contribution in [2.75, 3.05) is 0 Å². The largest absolute Gasteiger partial charge is 0.503 e. The predicted octanol–water partition coefficient (Wildman–Crippen LogP) is 4.14. The molecule has 1 N–H and O–H groups in total. The molecule has 0 saturated carbocycles. The van der Waals surface area contributed by atoms with Gasteiger partial charge in [-0.1, -0.05) is 36.4 Å². The number of benzene rings is 2. The number of aromatic hydroxyl groups is 1. The van der Waals surface area contributed by atoms with Crippen LogP contribution in [0.1, 0.15) is 37.4 Å². The van der Waals surface area contributed by atoms with Crippen molar-refractivity contribution >= 4 is 28.6 Å². The Kier molecular flexibility index (Phi) is 4.36. The third kappa shape index (κ3) is 2.64. The van der Waals surface area contributed by atoms with Crippen LogP contribution in [-0.2, 0) is 7.05 Å². The summed E-state index contributed by atoms with van der Waals surface area (Å²) in [7, 11) is 1.31. The normalized spacial score (nSPS) is 12.6. The first kappa shape index (κ1) is 19.0. The maximum Gasteiger partial charge on any atom is 0.278 e. The van der Waals surface area contributed by atoms with Crippen LogP contribution in [0.3, 0.4) is 0 Å². The summed E-state index contributed by atoms with van der Waals surface area (Å²) in [5.41, 5.74) is 0.370. The van der Waals surface area contributed by atoms with Gasteiger partial charge in [-0.2, -0.15) is 0 Å². The van der Waals surface area contributed by atoms with Crippen LogP contribution in [0.2, 0.25) is 0 Å². The molecule has 0 bridgehead atoms. The van der Waals surface area contributed by atoms with Gasteiger partial charge in [0.25, 0.3) is 5.56 Å². The van der Waals surface area contributed by atoms with Crippen LogP contribution < -0.4 is 5.56 Å². The Balaban J connectivity index is 1.89. The lowest BCUT2D eigenvalue weighted by atomic mass is 9.83. The van der Waals surface area contributed by atoms with Crippen molar-refractivity contribution in [2.24, 2.45) is 17.3 Å². The van der Waals surface area contributed by atoms with Gasteiger partial charge in [0, 0.05) is 23.7 Å². The second-order valence-corrected chi connectivity index (χ2v) is 6.73. The van der Waals surface area contributed by atoms with E-state index in [-0.39, 0.29) is 50.9 Å². The summed E-state index contributed by atoms with van der Waals surface area (Å²) in [6.45, 7) is 8.70. The van der Waals surface area contributed by atoms with Crippen LogP contribution in [0.15, 0.2) is 57.5 Å². The van der Waals surface area contributed by atoms with E-state index in [9.17, 15) is 19.5 Å². The predicted molar refractivity (Wildman–Crippen MR) is 108 cm³/mol. The average molecular weight is 398 g/mol. The third-order valence-corrected chi connectivity index (χ3v) is 5.05. The Morgan fingerprint density at radius 1 is 0.933 bits per heavy atom. The van der Waals surface area contributed by atoms with Crippen LogP contribution in [0.25, 0.3) is 4.85 Å². The van der Waals surface area contributed by atoms with E-state index in [1.54, 1.807) is 36.4 Å². The van der Waals surface area contributed by atoms with Gasteiger partial charge >= 0.3 is 0 Å². The van der Waals surface area contributed by atoms with Gasteiger partial charge < -0.3 is 5.11 Å². The third-order valence-electron chi connectivity index (χ3n) is 5.05. The van der Waals surface area contributed by atoms with Gasteiger partial charge in [0.15, 0.2) is 17.4 Å². The first-order valence-electron chi connectivity index (χ1n) is 8.90. The maximum absolute atomic E-state index is 13.0. The van der Waals surface area contributed by atoms with Gasteiger partial charge in [-0.3, -0.25) is 19.0 Å². The standard InChI is InChI=1S/C22H14N4O4/c1-11-17(23-2)21(29)26(3)22(30)18(11)25-24-15-10-6-9-14-16(15)20(28)13-8-5-4-7-12(13)19(14)27/h4-10,29H,1,3H3. The minimum absolute atomic E-state index is 0.110. The van der Waals surface area contributed by atoms with Crippen molar-refractivity contribution in [1.29, 1.82) is 0 Å². The number of rotatable bonds is 2. The Hall–Kier alpha value is -4.38. The van der Waals surface area contributed by atoms with E-state index in [2.05, 4.69) is 15.1 Å². The van der Waals surface area contributed by atoms with Crippen LogP contribution in [0.4, 0.5) is 17.1 Å². The van der Waals surface area contributed by atoms with E-state index in [4.69, 9.17) is 6.57 Å². The molecule has 1 aliphatic carbocycles. The van der Waals surface area contributed by atoms with Crippen molar-refractivity contribution in [1.82, 2.24) is 4.57 Å². The number of hydrogen-bond donors (Lipinski definition) is 1. The molecule has 0 atom stereocenters. The number of fused-ring (bicyclic) bond motifs is 2. The second-order valence-electron chi connectivity index (χ2n) is 6.73. The zero-order valence-electron chi connectivity index (χ0n) is 16.0. The van der Waals surface area contributed by atoms with E-state index < -0.39 is 11.4 Å². The van der Waals surface area contributed by atoms with Crippen molar-refractivity contribution in [3.63, 3.8) is 0 Å². The Labute approximate surface area is 170 Å². The molecular weight excluding hydrogens is 384 g/mol. The first-order valence-corrected chi connectivity index (χ1v) is 8.90. The summed E-state index contributed by atoms with van der Waals surface area (Å²) >= 11 is 0. The molecule has 3 aromatic rings. The summed E-state index contributed by atoms with van der Waals surface area (Å²) < 4.78 is 0.903. The highest BCUT2D eigenvalue weighted by atomic mass is 16.3. The van der Waals surface area contributed by atoms with E-state index >= 15 is 0 Å². The molecule has 0 spiro atoms. The highest BCUT2D eigenvalue weighted by molar-refractivity contribution is 6.29. The fraction of sp³-hybridized carbons (Fsp3) is 0.0909. The van der Waals surface area contributed by atoms with Crippen LogP contribution in [0.5, 0.6) is 5.88 Å². The fourth-order valence-electron chi connectivity index (χ4n) is 3.42. The zero-order chi connectivity index (χ0) is 21.6. The van der Waals surface area contributed by atoms with Crippen LogP contribution in [-0.4, -0.2) is 21.2 Å². The molecule has 0 fully saturated rings. The molecule has 8 heteroatoms. The molecule has 4 rings (SSSR count). The molecule has 146 valence electrons. The highest BCUT2D eigenvalue weighted by Gasteiger charge is 2.31. The lowest BCUT2D eigenvalue weighted by molar-refractivity contribution is 0.0979. The number of nitrogens with zero attached hydrogens (tertiary/aromatic N) is 4. The number of azo groups is 1. The summed E-state index contributed by atoms with van der Waals surface area (Å²) in [4.78, 5) is 41.6. The summed E-state index contributed by atoms with van der Waals surface area (Å²) in [6, 6.07) is 11.2. The summed E-state index contributed by atoms with van der Waals surface area (Å²) in [5, 5.41) is 18.0. The molecule has 2 aromatic carbocycles. The Morgan fingerprint density at radius 3 is 2.23 bits per heavy atom. The van der Waals surface area contributed by atoms with Crippen LogP contribution >= 0.6 is 0 Å². The molecule has 0 radical (unpaired) electrons. The van der Waals surface area contributed by atoms with Gasteiger partial charge in [-0.05, 0) is 18.6 Å². The van der Waals surface area contributed by atoms with Crippen molar-refractivity contribution in [3.8, 4) is 5.88 Å². The van der Waals surface area contributed by atoms with Crippen molar-refractivity contribution in [2.45, 2.75) is 6.92 Å². The number of aromatic nitrogens is 1. The number of carbonyl (C=O) groups excluding carboxylic acids is 2. The number of ketones is 2. The highest BCUT2D eigenvalue weighted by Crippen LogP contribution is 2.36. The molecule has 8 nitrogen and oxygen atoms in total. The molecular formula is C22H14N4O4. The van der Waals surface area contributed by atoms with Gasteiger partial charge in [-0.15, -0.1) is 10.2 Å². The smallest absolute Gasteiger partial charge is 0.278 e. The number of carbonyl (C=O) groups is 2. The molecule has 0 amide bonds. The van der Waals surface area contributed by atoms with E-state index in [0.29, 0.717) is 5.56 Å². The van der Waals surface area contributed by atoms with Gasteiger partial charge in [-0.25, -0.2) is 4.85 Å². The molecule has 1 aromatic heterocycles. The SMILES string of the molecule is [C-]#[N+]c1c(C)c(N=Nc2cccc3c2C(=O)c2ccccc2C3=O)c(=O)n(C)c1O. The lowest BCUT2D eigenvalue weighted by Gasteiger charge is -2.18. The van der Waals surface area contributed by atoms with E-state index in [1.807, 2.05) is 0 Å². The molecule has 0 saturated heterocycles.